The van der Waals surface area contributed by atoms with E-state index in [2.05, 4.69) is 11.9 Å². The van der Waals surface area contributed by atoms with E-state index >= 15 is 0 Å². The van der Waals surface area contributed by atoms with Crippen LogP contribution in [0.3, 0.4) is 0 Å². The average molecular weight is 236 g/mol. The monoisotopic (exact) mass is 236 g/mol. The van der Waals surface area contributed by atoms with E-state index in [1.807, 2.05) is 0 Å². The van der Waals surface area contributed by atoms with Gasteiger partial charge < -0.3 is 10.6 Å². The van der Waals surface area contributed by atoms with Crippen LogP contribution in [0.25, 0.3) is 0 Å². The zero-order chi connectivity index (χ0) is 12.3. The quantitative estimate of drug-likeness (QED) is 0.628. The van der Waals surface area contributed by atoms with Crippen molar-refractivity contribution in [1.82, 2.24) is 0 Å². The molecule has 2 nitrogen and oxygen atoms in total. The normalized spacial score (nSPS) is 17.8. The molecule has 17 heavy (non-hydrogen) atoms. The molecule has 1 aliphatic rings. The fourth-order valence-electron chi connectivity index (χ4n) is 2.69. The number of hydrogen-bond acceptors (Lipinski definition) is 2. The molecule has 0 spiro atoms. The van der Waals surface area contributed by atoms with Crippen molar-refractivity contribution in [3.8, 4) is 0 Å². The molecule has 0 aromatic heterocycles. The Hall–Kier alpha value is -1.25. The number of hydrogen-bond donors (Lipinski definition) is 1. The zero-order valence-electron chi connectivity index (χ0n) is 10.5. The van der Waals surface area contributed by atoms with Gasteiger partial charge in [-0.05, 0) is 31.0 Å². The van der Waals surface area contributed by atoms with Crippen molar-refractivity contribution in [3.05, 3.63) is 24.0 Å². The number of anilines is 2. The Labute approximate surface area is 103 Å². The molecule has 0 unspecified atom stereocenters. The predicted octanol–water partition coefficient (Wildman–Crippen LogP) is 3.57. The summed E-state index contributed by atoms with van der Waals surface area (Å²) >= 11 is 0. The average Bonchev–Trinajstić information content (AvgIpc) is 2.56. The minimum atomic E-state index is -0.263. The maximum atomic E-state index is 13.0. The molecule has 3 heteroatoms. The second-order valence-electron chi connectivity index (χ2n) is 4.96. The van der Waals surface area contributed by atoms with Crippen molar-refractivity contribution in [2.24, 2.45) is 0 Å². The maximum absolute atomic E-state index is 13.0. The summed E-state index contributed by atoms with van der Waals surface area (Å²) < 4.78 is 13.0. The van der Waals surface area contributed by atoms with Crippen molar-refractivity contribution in [3.63, 3.8) is 0 Å². The number of benzene rings is 1. The first kappa shape index (κ1) is 12.2. The SMILES string of the molecule is CN(c1ccc(F)cc1N)C1CCCCCC1. The fraction of sp³-hybridized carbons (Fsp3) is 0.571. The molecule has 1 saturated carbocycles. The lowest BCUT2D eigenvalue weighted by Crippen LogP contribution is -2.31. The molecule has 2 N–H and O–H groups in total. The summed E-state index contributed by atoms with van der Waals surface area (Å²) in [4.78, 5) is 2.22. The summed E-state index contributed by atoms with van der Waals surface area (Å²) in [5.74, 6) is -0.263. The molecule has 1 aromatic carbocycles. The van der Waals surface area contributed by atoms with Crippen molar-refractivity contribution in [1.29, 1.82) is 0 Å². The summed E-state index contributed by atoms with van der Waals surface area (Å²) in [6.45, 7) is 0. The van der Waals surface area contributed by atoms with Crippen molar-refractivity contribution < 1.29 is 4.39 Å². The maximum Gasteiger partial charge on any atom is 0.125 e. The van der Waals surface area contributed by atoms with E-state index in [0.29, 0.717) is 11.7 Å². The molecule has 0 atom stereocenters. The van der Waals surface area contributed by atoms with E-state index in [-0.39, 0.29) is 5.82 Å². The molecular formula is C14H21FN2. The number of nitrogens with two attached hydrogens (primary N) is 1. The molecule has 0 saturated heterocycles. The molecule has 94 valence electrons. The van der Waals surface area contributed by atoms with E-state index in [4.69, 9.17) is 5.73 Å². The Balaban J connectivity index is 2.14. The minimum Gasteiger partial charge on any atom is -0.397 e. The first-order valence-corrected chi connectivity index (χ1v) is 6.46. The summed E-state index contributed by atoms with van der Waals surface area (Å²) in [6, 6.07) is 5.22. The van der Waals surface area contributed by atoms with Crippen LogP contribution in [0.1, 0.15) is 38.5 Å². The Morgan fingerprint density at radius 2 is 1.82 bits per heavy atom. The highest BCUT2D eigenvalue weighted by atomic mass is 19.1. The zero-order valence-corrected chi connectivity index (χ0v) is 10.5. The van der Waals surface area contributed by atoms with Gasteiger partial charge in [-0.3, -0.25) is 0 Å². The lowest BCUT2D eigenvalue weighted by molar-refractivity contribution is 0.553. The summed E-state index contributed by atoms with van der Waals surface area (Å²) in [5, 5.41) is 0. The van der Waals surface area contributed by atoms with Gasteiger partial charge >= 0.3 is 0 Å². The van der Waals surface area contributed by atoms with Crippen molar-refractivity contribution in [2.75, 3.05) is 17.7 Å². The van der Waals surface area contributed by atoms with Crippen LogP contribution in [-0.2, 0) is 0 Å². The van der Waals surface area contributed by atoms with Crippen LogP contribution in [0.5, 0.6) is 0 Å². The summed E-state index contributed by atoms with van der Waals surface area (Å²) in [5.41, 5.74) is 7.38. The van der Waals surface area contributed by atoms with E-state index in [9.17, 15) is 4.39 Å². The smallest absolute Gasteiger partial charge is 0.125 e. The Bertz CT molecular complexity index is 370. The third kappa shape index (κ3) is 2.90. The lowest BCUT2D eigenvalue weighted by Gasteiger charge is -2.30. The number of nitrogen functional groups attached to an aromatic ring is 1. The minimum absolute atomic E-state index is 0.263. The van der Waals surface area contributed by atoms with Crippen LogP contribution in [0.4, 0.5) is 15.8 Å². The third-order valence-corrected chi connectivity index (χ3v) is 3.74. The molecular weight excluding hydrogens is 215 g/mol. The fourth-order valence-corrected chi connectivity index (χ4v) is 2.69. The van der Waals surface area contributed by atoms with Gasteiger partial charge in [-0.1, -0.05) is 25.7 Å². The second kappa shape index (κ2) is 5.39. The number of rotatable bonds is 2. The Morgan fingerprint density at radius 3 is 2.41 bits per heavy atom. The molecule has 0 bridgehead atoms. The lowest BCUT2D eigenvalue weighted by atomic mass is 10.1. The van der Waals surface area contributed by atoms with Crippen molar-refractivity contribution >= 4 is 11.4 Å². The van der Waals surface area contributed by atoms with Crippen LogP contribution in [0, 0.1) is 5.82 Å². The number of halogens is 1. The highest BCUT2D eigenvalue weighted by Gasteiger charge is 2.18. The Kier molecular flexibility index (Phi) is 3.87. The van der Waals surface area contributed by atoms with Gasteiger partial charge in [0, 0.05) is 13.1 Å². The molecule has 1 aliphatic carbocycles. The van der Waals surface area contributed by atoms with Gasteiger partial charge in [0.15, 0.2) is 0 Å². The second-order valence-corrected chi connectivity index (χ2v) is 4.96. The van der Waals surface area contributed by atoms with Crippen LogP contribution < -0.4 is 10.6 Å². The molecule has 1 aromatic rings. The third-order valence-electron chi connectivity index (χ3n) is 3.74. The molecule has 1 fully saturated rings. The predicted molar refractivity (Wildman–Crippen MR) is 70.7 cm³/mol. The highest BCUT2D eigenvalue weighted by molar-refractivity contribution is 5.67. The highest BCUT2D eigenvalue weighted by Crippen LogP contribution is 2.29. The standard InChI is InChI=1S/C14H21FN2/c1-17(12-6-4-2-3-5-7-12)14-9-8-11(15)10-13(14)16/h8-10,12H,2-7,16H2,1H3. The van der Waals surface area contributed by atoms with Crippen LogP contribution >= 0.6 is 0 Å². The topological polar surface area (TPSA) is 29.3 Å². The summed E-state index contributed by atoms with van der Waals surface area (Å²) in [6.07, 6.45) is 7.68. The van der Waals surface area contributed by atoms with Crippen LogP contribution in [0.2, 0.25) is 0 Å². The van der Waals surface area contributed by atoms with Gasteiger partial charge in [0.25, 0.3) is 0 Å². The van der Waals surface area contributed by atoms with E-state index in [0.717, 1.165) is 5.69 Å². The van der Waals surface area contributed by atoms with Crippen LogP contribution in [0.15, 0.2) is 18.2 Å². The van der Waals surface area contributed by atoms with E-state index in [1.54, 1.807) is 6.07 Å². The molecule has 0 heterocycles. The van der Waals surface area contributed by atoms with Gasteiger partial charge in [0.2, 0.25) is 0 Å². The first-order valence-electron chi connectivity index (χ1n) is 6.46. The van der Waals surface area contributed by atoms with E-state index in [1.165, 1.54) is 50.7 Å². The molecule has 2 rings (SSSR count). The van der Waals surface area contributed by atoms with Gasteiger partial charge in [0.1, 0.15) is 5.82 Å². The van der Waals surface area contributed by atoms with Crippen molar-refractivity contribution in [2.45, 2.75) is 44.6 Å². The molecule has 0 amide bonds. The van der Waals surface area contributed by atoms with Crippen LogP contribution in [-0.4, -0.2) is 13.1 Å². The summed E-state index contributed by atoms with van der Waals surface area (Å²) in [7, 11) is 2.07. The molecule has 0 radical (unpaired) electrons. The van der Waals surface area contributed by atoms with Gasteiger partial charge in [-0.2, -0.15) is 0 Å². The van der Waals surface area contributed by atoms with Gasteiger partial charge in [-0.25, -0.2) is 4.39 Å². The van der Waals surface area contributed by atoms with Gasteiger partial charge in [-0.15, -0.1) is 0 Å². The number of nitrogens with zero attached hydrogens (tertiary/aromatic N) is 1. The first-order chi connectivity index (χ1) is 8.18. The molecule has 0 aliphatic heterocycles. The largest absolute Gasteiger partial charge is 0.397 e. The van der Waals surface area contributed by atoms with Gasteiger partial charge in [0.05, 0.1) is 11.4 Å². The Morgan fingerprint density at radius 1 is 1.18 bits per heavy atom. The van der Waals surface area contributed by atoms with E-state index < -0.39 is 0 Å².